The summed E-state index contributed by atoms with van der Waals surface area (Å²) in [6.07, 6.45) is 6.37. The van der Waals surface area contributed by atoms with Gasteiger partial charge in [-0.15, -0.1) is 0 Å². The van der Waals surface area contributed by atoms with Crippen molar-refractivity contribution >= 4 is 0 Å². The minimum Gasteiger partial charge on any atom is -0.428 e. The molecule has 0 unspecified atom stereocenters. The van der Waals surface area contributed by atoms with Gasteiger partial charge in [0.2, 0.25) is 0 Å². The molecular weight excluding hydrogens is 188 g/mol. The molecule has 1 aromatic rings. The third-order valence-electron chi connectivity index (χ3n) is 2.48. The van der Waals surface area contributed by atoms with Gasteiger partial charge in [0.05, 0.1) is 0 Å². The summed E-state index contributed by atoms with van der Waals surface area (Å²) >= 11 is 0. The van der Waals surface area contributed by atoms with Crippen LogP contribution in [0.25, 0.3) is 0 Å². The highest BCUT2D eigenvalue weighted by molar-refractivity contribution is 5.14. The molecule has 0 fully saturated rings. The van der Waals surface area contributed by atoms with Gasteiger partial charge in [-0.2, -0.15) is 0 Å². The Morgan fingerprint density at radius 2 is 1.73 bits per heavy atom. The Balaban J connectivity index is 2.71. The average molecular weight is 208 g/mol. The first-order chi connectivity index (χ1) is 7.26. The molecule has 0 saturated heterocycles. The molecule has 1 heterocycles. The Kier molecular flexibility index (Phi) is 5.16. The summed E-state index contributed by atoms with van der Waals surface area (Å²) < 4.78 is 5.14. The molecular formula is C13H20O2. The van der Waals surface area contributed by atoms with E-state index in [0.717, 1.165) is 49.8 Å². The lowest BCUT2D eigenvalue weighted by Crippen LogP contribution is -2.03. The monoisotopic (exact) mass is 208 g/mol. The highest BCUT2D eigenvalue weighted by atomic mass is 16.4. The van der Waals surface area contributed by atoms with Gasteiger partial charge in [-0.1, -0.05) is 26.7 Å². The van der Waals surface area contributed by atoms with Crippen LogP contribution in [0, 0.1) is 0 Å². The summed E-state index contributed by atoms with van der Waals surface area (Å²) in [7, 11) is 0. The van der Waals surface area contributed by atoms with E-state index in [9.17, 15) is 4.79 Å². The summed E-state index contributed by atoms with van der Waals surface area (Å²) in [5.74, 6) is 0.843. The second-order valence-corrected chi connectivity index (χ2v) is 3.96. The molecule has 0 aliphatic heterocycles. The third kappa shape index (κ3) is 4.32. The van der Waals surface area contributed by atoms with E-state index in [1.165, 1.54) is 0 Å². The van der Waals surface area contributed by atoms with Crippen LogP contribution < -0.4 is 5.63 Å². The van der Waals surface area contributed by atoms with Crippen LogP contribution in [0.4, 0.5) is 0 Å². The Hall–Kier alpha value is -1.05. The zero-order valence-corrected chi connectivity index (χ0v) is 9.71. The van der Waals surface area contributed by atoms with Crippen molar-refractivity contribution in [3.63, 3.8) is 0 Å². The third-order valence-corrected chi connectivity index (χ3v) is 2.48. The Morgan fingerprint density at radius 3 is 2.40 bits per heavy atom. The van der Waals surface area contributed by atoms with Gasteiger partial charge in [0, 0.05) is 12.5 Å². The van der Waals surface area contributed by atoms with E-state index in [-0.39, 0.29) is 5.63 Å². The number of aryl methyl sites for hydroxylation is 2. The van der Waals surface area contributed by atoms with Gasteiger partial charge in [0.1, 0.15) is 5.76 Å². The summed E-state index contributed by atoms with van der Waals surface area (Å²) in [5.41, 5.74) is 0.925. The second-order valence-electron chi connectivity index (χ2n) is 3.96. The molecule has 0 saturated carbocycles. The zero-order chi connectivity index (χ0) is 11.1. The number of hydrogen-bond acceptors (Lipinski definition) is 2. The largest absolute Gasteiger partial charge is 0.428 e. The second kappa shape index (κ2) is 6.44. The molecule has 0 aromatic carbocycles. The number of unbranched alkanes of at least 4 members (excludes halogenated alkanes) is 2. The molecule has 0 spiro atoms. The van der Waals surface area contributed by atoms with Crippen molar-refractivity contribution in [3.05, 3.63) is 33.9 Å². The van der Waals surface area contributed by atoms with Crippen molar-refractivity contribution < 1.29 is 4.42 Å². The predicted molar refractivity (Wildman–Crippen MR) is 62.2 cm³/mol. The first kappa shape index (κ1) is 12.0. The van der Waals surface area contributed by atoms with Crippen molar-refractivity contribution in [1.29, 1.82) is 0 Å². The van der Waals surface area contributed by atoms with Crippen LogP contribution in [0.2, 0.25) is 0 Å². The Morgan fingerprint density at radius 1 is 1.07 bits per heavy atom. The lowest BCUT2D eigenvalue weighted by molar-refractivity contribution is 0.450. The van der Waals surface area contributed by atoms with Crippen LogP contribution in [-0.2, 0) is 12.8 Å². The van der Waals surface area contributed by atoms with E-state index >= 15 is 0 Å². The van der Waals surface area contributed by atoms with Crippen LogP contribution in [0.3, 0.4) is 0 Å². The lowest BCUT2D eigenvalue weighted by atomic mass is 10.1. The maximum atomic E-state index is 11.3. The van der Waals surface area contributed by atoms with Crippen molar-refractivity contribution in [2.75, 3.05) is 0 Å². The standard InChI is InChI=1S/C13H20O2/c1-3-5-7-11-9-12(8-6-4-2)15-13(14)10-11/h9-10H,3-8H2,1-2H3. The van der Waals surface area contributed by atoms with Gasteiger partial charge in [0.25, 0.3) is 0 Å². The molecule has 2 heteroatoms. The van der Waals surface area contributed by atoms with Crippen molar-refractivity contribution in [2.24, 2.45) is 0 Å². The van der Waals surface area contributed by atoms with Crippen molar-refractivity contribution in [3.8, 4) is 0 Å². The normalized spacial score (nSPS) is 10.5. The molecule has 15 heavy (non-hydrogen) atoms. The average Bonchev–Trinajstić information content (AvgIpc) is 2.23. The summed E-state index contributed by atoms with van der Waals surface area (Å²) in [6, 6.07) is 3.65. The van der Waals surface area contributed by atoms with E-state index in [4.69, 9.17) is 4.42 Å². The van der Waals surface area contributed by atoms with Crippen LogP contribution in [0.1, 0.15) is 50.9 Å². The van der Waals surface area contributed by atoms with E-state index in [0.29, 0.717) is 0 Å². The Labute approximate surface area is 91.3 Å². The maximum absolute atomic E-state index is 11.3. The summed E-state index contributed by atoms with van der Waals surface area (Å²) in [6.45, 7) is 4.29. The molecule has 1 aromatic heterocycles. The summed E-state index contributed by atoms with van der Waals surface area (Å²) in [5, 5.41) is 0. The maximum Gasteiger partial charge on any atom is 0.336 e. The molecule has 0 aliphatic rings. The van der Waals surface area contributed by atoms with Crippen LogP contribution in [0.15, 0.2) is 21.3 Å². The van der Waals surface area contributed by atoms with Gasteiger partial charge in [-0.3, -0.25) is 0 Å². The Bertz CT molecular complexity index is 309. The first-order valence-corrected chi connectivity index (χ1v) is 5.89. The molecule has 0 aliphatic carbocycles. The lowest BCUT2D eigenvalue weighted by Gasteiger charge is -2.02. The van der Waals surface area contributed by atoms with Crippen molar-refractivity contribution in [2.45, 2.75) is 52.4 Å². The fourth-order valence-corrected chi connectivity index (χ4v) is 1.59. The minimum absolute atomic E-state index is 0.199. The topological polar surface area (TPSA) is 30.2 Å². The molecule has 1 rings (SSSR count). The quantitative estimate of drug-likeness (QED) is 0.717. The van der Waals surface area contributed by atoms with Gasteiger partial charge in [0.15, 0.2) is 0 Å². The van der Waals surface area contributed by atoms with Crippen LogP contribution in [0.5, 0.6) is 0 Å². The molecule has 0 amide bonds. The highest BCUT2D eigenvalue weighted by Gasteiger charge is 2.01. The fraction of sp³-hybridized carbons (Fsp3) is 0.615. The molecule has 2 nitrogen and oxygen atoms in total. The van der Waals surface area contributed by atoms with E-state index in [2.05, 4.69) is 13.8 Å². The van der Waals surface area contributed by atoms with Gasteiger partial charge in [-0.05, 0) is 30.9 Å². The van der Waals surface area contributed by atoms with Crippen LogP contribution in [-0.4, -0.2) is 0 Å². The minimum atomic E-state index is -0.199. The van der Waals surface area contributed by atoms with Gasteiger partial charge >= 0.3 is 5.63 Å². The molecule has 0 N–H and O–H groups in total. The van der Waals surface area contributed by atoms with Gasteiger partial charge < -0.3 is 4.42 Å². The molecule has 0 atom stereocenters. The molecule has 84 valence electrons. The SMILES string of the molecule is CCCCc1cc(CCCC)oc(=O)c1. The smallest absolute Gasteiger partial charge is 0.336 e. The number of hydrogen-bond donors (Lipinski definition) is 0. The van der Waals surface area contributed by atoms with E-state index in [1.807, 2.05) is 6.07 Å². The molecule has 0 bridgehead atoms. The van der Waals surface area contributed by atoms with E-state index < -0.39 is 0 Å². The first-order valence-electron chi connectivity index (χ1n) is 5.89. The predicted octanol–water partition coefficient (Wildman–Crippen LogP) is 3.33. The van der Waals surface area contributed by atoms with Crippen LogP contribution >= 0.6 is 0 Å². The van der Waals surface area contributed by atoms with Crippen molar-refractivity contribution in [1.82, 2.24) is 0 Å². The number of rotatable bonds is 6. The van der Waals surface area contributed by atoms with E-state index in [1.54, 1.807) is 6.07 Å². The fourth-order valence-electron chi connectivity index (χ4n) is 1.59. The van der Waals surface area contributed by atoms with Gasteiger partial charge in [-0.25, -0.2) is 4.79 Å². The summed E-state index contributed by atoms with van der Waals surface area (Å²) in [4.78, 5) is 11.3. The highest BCUT2D eigenvalue weighted by Crippen LogP contribution is 2.08. The molecule has 0 radical (unpaired) electrons. The zero-order valence-electron chi connectivity index (χ0n) is 9.71.